The molecule has 0 aromatic rings. The number of hydrogen-bond acceptors (Lipinski definition) is 5. The van der Waals surface area contributed by atoms with Gasteiger partial charge in [-0.05, 0) is 45.7 Å². The summed E-state index contributed by atoms with van der Waals surface area (Å²) in [5, 5.41) is 6.34. The molecule has 2 saturated heterocycles. The molecule has 2 rings (SSSR count). The maximum absolute atomic E-state index is 12.0. The molecule has 0 radical (unpaired) electrons. The topological polar surface area (TPSA) is 50.9 Å². The van der Waals surface area contributed by atoms with Crippen LogP contribution in [0.25, 0.3) is 0 Å². The Balaban J connectivity index is 0.00000364. The first kappa shape index (κ1) is 21.6. The first-order valence-electron chi connectivity index (χ1n) is 10.6. The molecule has 2 aliphatic heterocycles. The zero-order valence-corrected chi connectivity index (χ0v) is 17.5. The third kappa shape index (κ3) is 7.91. The molecule has 0 bridgehead atoms. The molecular formula is C20H45N5O. The maximum Gasteiger partial charge on any atom is 0.234 e. The Labute approximate surface area is 163 Å². The maximum atomic E-state index is 12.0. The molecule has 6 nitrogen and oxygen atoms in total. The van der Waals surface area contributed by atoms with Crippen LogP contribution in [0.3, 0.4) is 0 Å². The molecule has 2 aliphatic rings. The molecule has 0 atom stereocenters. The highest BCUT2D eigenvalue weighted by Gasteiger charge is 2.25. The molecule has 2 heterocycles. The van der Waals surface area contributed by atoms with Crippen molar-refractivity contribution in [2.24, 2.45) is 5.92 Å². The smallest absolute Gasteiger partial charge is 0.234 e. The van der Waals surface area contributed by atoms with Crippen molar-refractivity contribution in [3.8, 4) is 0 Å². The van der Waals surface area contributed by atoms with E-state index < -0.39 is 0 Å². The molecule has 26 heavy (non-hydrogen) atoms. The lowest BCUT2D eigenvalue weighted by molar-refractivity contribution is -0.122. The van der Waals surface area contributed by atoms with Crippen molar-refractivity contribution in [1.29, 1.82) is 0 Å². The first-order chi connectivity index (χ1) is 12.4. The van der Waals surface area contributed by atoms with E-state index in [9.17, 15) is 4.79 Å². The SMILES string of the molecule is CC(C)NCCNC(=O)CN1CCC(CN2CCN(C(C)C)CC2)CC1.[HH].[HH]. The summed E-state index contributed by atoms with van der Waals surface area (Å²) in [5.74, 6) is 0.967. The summed E-state index contributed by atoms with van der Waals surface area (Å²) >= 11 is 0. The van der Waals surface area contributed by atoms with Crippen LogP contribution in [-0.4, -0.2) is 98.1 Å². The Morgan fingerprint density at radius 3 is 2.19 bits per heavy atom. The van der Waals surface area contributed by atoms with Crippen molar-refractivity contribution in [3.63, 3.8) is 0 Å². The van der Waals surface area contributed by atoms with Gasteiger partial charge in [0, 0.05) is 60.8 Å². The molecule has 2 fully saturated rings. The van der Waals surface area contributed by atoms with E-state index in [1.807, 2.05) is 0 Å². The molecule has 2 N–H and O–H groups in total. The van der Waals surface area contributed by atoms with E-state index in [0.717, 1.165) is 32.1 Å². The average Bonchev–Trinajstić information content (AvgIpc) is 2.61. The summed E-state index contributed by atoms with van der Waals surface area (Å²) in [6.07, 6.45) is 2.46. The van der Waals surface area contributed by atoms with E-state index in [2.05, 4.69) is 53.0 Å². The standard InChI is InChI=1S/C20H41N5O.2H2/c1-17(2)21-7-8-22-20(26)16-23-9-5-19(6-10-23)15-24-11-13-25(14-12-24)18(3)4;;/h17-19,21H,5-16H2,1-4H3,(H,22,26);2*1H. The van der Waals surface area contributed by atoms with Gasteiger partial charge in [-0.2, -0.15) is 0 Å². The summed E-state index contributed by atoms with van der Waals surface area (Å²) in [7, 11) is 0. The van der Waals surface area contributed by atoms with E-state index >= 15 is 0 Å². The van der Waals surface area contributed by atoms with Crippen LogP contribution in [-0.2, 0) is 4.79 Å². The fourth-order valence-corrected chi connectivity index (χ4v) is 3.98. The van der Waals surface area contributed by atoms with Crippen molar-refractivity contribution in [2.75, 3.05) is 65.4 Å². The highest BCUT2D eigenvalue weighted by Crippen LogP contribution is 2.19. The van der Waals surface area contributed by atoms with Crippen LogP contribution in [0, 0.1) is 5.92 Å². The van der Waals surface area contributed by atoms with Crippen molar-refractivity contribution in [2.45, 2.75) is 52.6 Å². The van der Waals surface area contributed by atoms with Crippen LogP contribution >= 0.6 is 0 Å². The molecule has 0 aromatic carbocycles. The molecule has 6 heteroatoms. The predicted molar refractivity (Wildman–Crippen MR) is 113 cm³/mol. The Morgan fingerprint density at radius 1 is 0.962 bits per heavy atom. The number of amides is 1. The minimum Gasteiger partial charge on any atom is -0.354 e. The number of nitrogens with zero attached hydrogens (tertiary/aromatic N) is 3. The summed E-state index contributed by atoms with van der Waals surface area (Å²) in [6.45, 7) is 19.2. The second-order valence-corrected chi connectivity index (χ2v) is 8.61. The van der Waals surface area contributed by atoms with Gasteiger partial charge in [0.2, 0.25) is 5.91 Å². The lowest BCUT2D eigenvalue weighted by Gasteiger charge is -2.40. The van der Waals surface area contributed by atoms with Crippen molar-refractivity contribution in [1.82, 2.24) is 25.3 Å². The van der Waals surface area contributed by atoms with Crippen LogP contribution in [0.4, 0.5) is 0 Å². The fourth-order valence-electron chi connectivity index (χ4n) is 3.98. The van der Waals surface area contributed by atoms with E-state index in [0.29, 0.717) is 18.6 Å². The molecule has 0 unspecified atom stereocenters. The number of carbonyl (C=O) groups is 1. The minimum absolute atomic E-state index is 0. The number of nitrogens with one attached hydrogen (secondary N) is 2. The van der Waals surface area contributed by atoms with E-state index in [4.69, 9.17) is 0 Å². The van der Waals surface area contributed by atoms with E-state index in [1.54, 1.807) is 0 Å². The van der Waals surface area contributed by atoms with Gasteiger partial charge < -0.3 is 15.5 Å². The first-order valence-corrected chi connectivity index (χ1v) is 10.6. The molecule has 0 aliphatic carbocycles. The van der Waals surface area contributed by atoms with Crippen LogP contribution < -0.4 is 10.6 Å². The van der Waals surface area contributed by atoms with Crippen molar-refractivity contribution >= 4 is 5.91 Å². The summed E-state index contributed by atoms with van der Waals surface area (Å²) < 4.78 is 0. The normalized spacial score (nSPS) is 21.6. The largest absolute Gasteiger partial charge is 0.354 e. The predicted octanol–water partition coefficient (Wildman–Crippen LogP) is 1.33. The zero-order chi connectivity index (χ0) is 18.9. The van der Waals surface area contributed by atoms with E-state index in [1.165, 1.54) is 45.6 Å². The summed E-state index contributed by atoms with van der Waals surface area (Å²) in [4.78, 5) is 19.6. The van der Waals surface area contributed by atoms with Gasteiger partial charge >= 0.3 is 0 Å². The highest BCUT2D eigenvalue weighted by atomic mass is 16.2. The van der Waals surface area contributed by atoms with E-state index in [-0.39, 0.29) is 8.76 Å². The van der Waals surface area contributed by atoms with Gasteiger partial charge in [0.05, 0.1) is 6.54 Å². The van der Waals surface area contributed by atoms with Gasteiger partial charge in [0.1, 0.15) is 0 Å². The van der Waals surface area contributed by atoms with Crippen molar-refractivity contribution in [3.05, 3.63) is 0 Å². The second kappa shape index (κ2) is 11.2. The number of rotatable bonds is 9. The molecule has 0 aromatic heterocycles. The van der Waals surface area contributed by atoms with Gasteiger partial charge in [-0.25, -0.2) is 0 Å². The average molecular weight is 372 g/mol. The number of carbonyl (C=O) groups excluding carboxylic acids is 1. The molecule has 156 valence electrons. The Morgan fingerprint density at radius 2 is 1.62 bits per heavy atom. The zero-order valence-electron chi connectivity index (χ0n) is 17.5. The Kier molecular flexibility index (Phi) is 9.33. The number of likely N-dealkylation sites (tertiary alicyclic amines) is 1. The minimum atomic E-state index is 0. The monoisotopic (exact) mass is 371 g/mol. The van der Waals surface area contributed by atoms with Crippen LogP contribution in [0.1, 0.15) is 43.4 Å². The van der Waals surface area contributed by atoms with Gasteiger partial charge in [-0.15, -0.1) is 0 Å². The number of hydrogen-bond donors (Lipinski definition) is 2. The molecule has 0 spiro atoms. The third-order valence-corrected chi connectivity index (χ3v) is 5.73. The molecule has 0 saturated carbocycles. The van der Waals surface area contributed by atoms with Crippen LogP contribution in [0.5, 0.6) is 0 Å². The quantitative estimate of drug-likeness (QED) is 0.599. The fraction of sp³-hybridized carbons (Fsp3) is 0.950. The lowest BCUT2D eigenvalue weighted by atomic mass is 9.96. The third-order valence-electron chi connectivity index (χ3n) is 5.73. The highest BCUT2D eigenvalue weighted by molar-refractivity contribution is 5.78. The number of piperidine rings is 1. The molecular weight excluding hydrogens is 326 g/mol. The second-order valence-electron chi connectivity index (χ2n) is 8.61. The van der Waals surface area contributed by atoms with Crippen LogP contribution in [0.15, 0.2) is 0 Å². The summed E-state index contributed by atoms with van der Waals surface area (Å²) in [6, 6.07) is 1.15. The Hall–Kier alpha value is -0.690. The molecule has 1 amide bonds. The number of piperazine rings is 1. The van der Waals surface area contributed by atoms with Gasteiger partial charge in [0.15, 0.2) is 0 Å². The lowest BCUT2D eigenvalue weighted by Crippen LogP contribution is -2.51. The van der Waals surface area contributed by atoms with Crippen molar-refractivity contribution < 1.29 is 7.65 Å². The summed E-state index contributed by atoms with van der Waals surface area (Å²) in [5.41, 5.74) is 0. The van der Waals surface area contributed by atoms with Crippen LogP contribution in [0.2, 0.25) is 0 Å². The van der Waals surface area contributed by atoms with Gasteiger partial charge in [-0.1, -0.05) is 13.8 Å². The van der Waals surface area contributed by atoms with Gasteiger partial charge in [-0.3, -0.25) is 14.6 Å². The Bertz CT molecular complexity index is 409. The van der Waals surface area contributed by atoms with Gasteiger partial charge in [0.25, 0.3) is 0 Å².